The van der Waals surface area contributed by atoms with Gasteiger partial charge in [0.2, 0.25) is 0 Å². The van der Waals surface area contributed by atoms with Crippen LogP contribution in [-0.2, 0) is 16.1 Å². The number of hydrogen-bond acceptors (Lipinski definition) is 5. The Hall–Kier alpha value is -3.85. The van der Waals surface area contributed by atoms with E-state index in [-0.39, 0.29) is 12.3 Å². The fraction of sp³-hybridized carbons (Fsp3) is 0.441. The molecule has 1 spiro atoms. The van der Waals surface area contributed by atoms with Crippen molar-refractivity contribution < 1.29 is 28.2 Å². The van der Waals surface area contributed by atoms with E-state index in [1.54, 1.807) is 39.8 Å². The number of aromatic nitrogens is 1. The number of nitrogens with zero attached hydrogens (tertiary/aromatic N) is 2. The van der Waals surface area contributed by atoms with Gasteiger partial charge in [0.1, 0.15) is 0 Å². The van der Waals surface area contributed by atoms with Crippen LogP contribution in [0.3, 0.4) is 0 Å². The summed E-state index contributed by atoms with van der Waals surface area (Å²) >= 11 is 0. The van der Waals surface area contributed by atoms with Gasteiger partial charge in [0.25, 0.3) is 11.8 Å². The number of hydrogen-bond donors (Lipinski definition) is 2. The van der Waals surface area contributed by atoms with Gasteiger partial charge >= 0.3 is 5.97 Å². The highest BCUT2D eigenvalue weighted by atomic mass is 19.3. The number of alkyl halides is 2. The lowest BCUT2D eigenvalue weighted by atomic mass is 9.89. The smallest absolute Gasteiger partial charge is 0.337 e. The molecule has 2 heterocycles. The van der Waals surface area contributed by atoms with Crippen molar-refractivity contribution in [2.75, 3.05) is 18.0 Å². The first kappa shape index (κ1) is 30.6. The minimum Gasteiger partial charge on any atom is -0.479 e. The summed E-state index contributed by atoms with van der Waals surface area (Å²) in [5.74, 6) is -4.01. The fourth-order valence-corrected chi connectivity index (χ4v) is 6.17. The number of carbonyl (C=O) groups excluding carboxylic acids is 1. The quantitative estimate of drug-likeness (QED) is 0.297. The lowest BCUT2D eigenvalue weighted by Gasteiger charge is -2.38. The number of piperidine rings is 1. The average molecular weight is 592 g/mol. The minimum absolute atomic E-state index is 0.0966. The molecule has 7 nitrogen and oxygen atoms in total. The maximum absolute atomic E-state index is 14.3. The molecule has 2 fully saturated rings. The van der Waals surface area contributed by atoms with Gasteiger partial charge < -0.3 is 20.1 Å². The molecule has 1 aromatic heterocycles. The van der Waals surface area contributed by atoms with Gasteiger partial charge in [-0.1, -0.05) is 42.5 Å². The molecule has 1 atom stereocenters. The Morgan fingerprint density at radius 2 is 1.63 bits per heavy atom. The van der Waals surface area contributed by atoms with Gasteiger partial charge in [0, 0.05) is 59.5 Å². The van der Waals surface area contributed by atoms with Crippen molar-refractivity contribution in [3.05, 3.63) is 82.7 Å². The van der Waals surface area contributed by atoms with Crippen molar-refractivity contribution in [1.29, 1.82) is 0 Å². The molecule has 43 heavy (non-hydrogen) atoms. The number of pyridine rings is 1. The minimum atomic E-state index is -2.65. The Balaban J connectivity index is 1.54. The van der Waals surface area contributed by atoms with Crippen molar-refractivity contribution in [2.45, 2.75) is 78.1 Å². The molecule has 0 bridgehead atoms. The lowest BCUT2D eigenvalue weighted by molar-refractivity contribution is -0.160. The zero-order valence-electron chi connectivity index (χ0n) is 25.3. The van der Waals surface area contributed by atoms with Crippen molar-refractivity contribution in [2.24, 2.45) is 5.41 Å². The van der Waals surface area contributed by atoms with E-state index in [1.165, 1.54) is 0 Å². The Morgan fingerprint density at radius 1 is 1.02 bits per heavy atom. The molecule has 1 amide bonds. The zero-order chi connectivity index (χ0) is 31.2. The van der Waals surface area contributed by atoms with Crippen LogP contribution in [-0.4, -0.2) is 46.6 Å². The van der Waals surface area contributed by atoms with Crippen molar-refractivity contribution in [3.63, 3.8) is 0 Å². The molecule has 228 valence electrons. The topological polar surface area (TPSA) is 91.8 Å². The highest BCUT2D eigenvalue weighted by Gasteiger charge is 2.70. The van der Waals surface area contributed by atoms with Gasteiger partial charge in [0.05, 0.1) is 11.3 Å². The van der Waals surface area contributed by atoms with Crippen molar-refractivity contribution in [1.82, 2.24) is 10.3 Å². The van der Waals surface area contributed by atoms with Crippen LogP contribution in [0.1, 0.15) is 79.0 Å². The van der Waals surface area contributed by atoms with Gasteiger partial charge in [0.15, 0.2) is 6.10 Å². The normalized spacial score (nSPS) is 17.9. The third-order valence-corrected chi connectivity index (χ3v) is 8.52. The standard InChI is InChI=1S/C34H39F2N3O4/c1-21-26(24-11-13-25(14-12-24)30(40)37-19-23-9-7-6-8-10-23)28(39-17-15-33(16-18-39)20-34(33,35)36)27(22(2)38-21)29(31(41)42)43-32(3,4)5/h6-14,29H,15-20H2,1-5H3,(H,37,40)(H,41,42)/t29-/m0/s1. The van der Waals surface area contributed by atoms with Crippen LogP contribution in [0.5, 0.6) is 0 Å². The van der Waals surface area contributed by atoms with Gasteiger partial charge in [-0.3, -0.25) is 9.78 Å². The Bertz CT molecular complexity index is 1510. The van der Waals surface area contributed by atoms with E-state index in [0.29, 0.717) is 66.2 Å². The summed E-state index contributed by atoms with van der Waals surface area (Å²) in [5.41, 5.74) is 3.44. The van der Waals surface area contributed by atoms with E-state index in [0.717, 1.165) is 11.1 Å². The summed E-state index contributed by atoms with van der Waals surface area (Å²) in [6, 6.07) is 16.7. The highest BCUT2D eigenvalue weighted by molar-refractivity contribution is 5.95. The number of carboxylic acid groups (broad SMARTS) is 1. The second-order valence-corrected chi connectivity index (χ2v) is 12.8. The first-order valence-corrected chi connectivity index (χ1v) is 14.7. The maximum Gasteiger partial charge on any atom is 0.337 e. The zero-order valence-corrected chi connectivity index (χ0v) is 25.3. The summed E-state index contributed by atoms with van der Waals surface area (Å²) in [4.78, 5) is 32.3. The van der Waals surface area contributed by atoms with Crippen molar-refractivity contribution in [3.8, 4) is 11.1 Å². The summed E-state index contributed by atoms with van der Waals surface area (Å²) in [7, 11) is 0. The number of ether oxygens (including phenoxy) is 1. The molecule has 3 aromatic rings. The fourth-order valence-electron chi connectivity index (χ4n) is 6.17. The molecule has 2 aliphatic rings. The summed E-state index contributed by atoms with van der Waals surface area (Å²) < 4.78 is 34.6. The predicted octanol–water partition coefficient (Wildman–Crippen LogP) is 6.86. The molecule has 0 radical (unpaired) electrons. The Morgan fingerprint density at radius 3 is 2.16 bits per heavy atom. The number of aryl methyl sites for hydroxylation is 2. The molecule has 5 rings (SSSR count). The number of anilines is 1. The number of benzene rings is 2. The molecule has 1 saturated carbocycles. The van der Waals surface area contributed by atoms with E-state index in [1.807, 2.05) is 54.3 Å². The molecular formula is C34H39F2N3O4. The second kappa shape index (κ2) is 11.3. The van der Waals surface area contributed by atoms with Crippen LogP contribution in [0.2, 0.25) is 0 Å². The van der Waals surface area contributed by atoms with E-state index >= 15 is 0 Å². The number of nitrogens with one attached hydrogen (secondary N) is 1. The van der Waals surface area contributed by atoms with Crippen LogP contribution < -0.4 is 10.2 Å². The van der Waals surface area contributed by atoms with Gasteiger partial charge in [-0.05, 0) is 70.7 Å². The van der Waals surface area contributed by atoms with Crippen LogP contribution in [0.15, 0.2) is 54.6 Å². The summed E-state index contributed by atoms with van der Waals surface area (Å²) in [5, 5.41) is 13.3. The number of aliphatic carboxylic acids is 1. The van der Waals surface area contributed by atoms with E-state index in [9.17, 15) is 23.5 Å². The molecule has 1 aliphatic heterocycles. The lowest BCUT2D eigenvalue weighted by Crippen LogP contribution is -2.39. The number of carbonyl (C=O) groups is 2. The predicted molar refractivity (Wildman–Crippen MR) is 161 cm³/mol. The maximum atomic E-state index is 14.3. The molecule has 1 aliphatic carbocycles. The Kier molecular flexibility index (Phi) is 8.07. The number of carboxylic acids is 1. The summed E-state index contributed by atoms with van der Waals surface area (Å²) in [6.45, 7) is 10.1. The third-order valence-electron chi connectivity index (χ3n) is 8.52. The van der Waals surface area contributed by atoms with E-state index < -0.39 is 29.0 Å². The van der Waals surface area contributed by atoms with Gasteiger partial charge in [-0.2, -0.15) is 0 Å². The monoisotopic (exact) mass is 591 g/mol. The largest absolute Gasteiger partial charge is 0.479 e. The number of amides is 1. The molecule has 2 N–H and O–H groups in total. The molecule has 0 unspecified atom stereocenters. The van der Waals surface area contributed by atoms with Gasteiger partial charge in [-0.25, -0.2) is 13.6 Å². The van der Waals surface area contributed by atoms with Crippen LogP contribution in [0.25, 0.3) is 11.1 Å². The molecular weight excluding hydrogens is 552 g/mol. The average Bonchev–Trinajstić information content (AvgIpc) is 3.49. The van der Waals surface area contributed by atoms with Crippen LogP contribution in [0, 0.1) is 19.3 Å². The second-order valence-electron chi connectivity index (χ2n) is 12.8. The van der Waals surface area contributed by atoms with Gasteiger partial charge in [-0.15, -0.1) is 0 Å². The molecule has 2 aromatic carbocycles. The number of rotatable bonds is 8. The molecule has 1 saturated heterocycles. The first-order chi connectivity index (χ1) is 20.2. The third kappa shape index (κ3) is 6.27. The first-order valence-electron chi connectivity index (χ1n) is 14.7. The van der Waals surface area contributed by atoms with E-state index in [4.69, 9.17) is 9.72 Å². The van der Waals surface area contributed by atoms with E-state index in [2.05, 4.69) is 5.32 Å². The molecule has 9 heteroatoms. The highest BCUT2D eigenvalue weighted by Crippen LogP contribution is 2.66. The van der Waals surface area contributed by atoms with Crippen molar-refractivity contribution >= 4 is 17.6 Å². The Labute approximate surface area is 251 Å². The van der Waals surface area contributed by atoms with Crippen LogP contribution in [0.4, 0.5) is 14.5 Å². The SMILES string of the molecule is Cc1nc(C)c([C@H](OC(C)(C)C)C(=O)O)c(N2CCC3(CC2)CC3(F)F)c1-c1ccc(C(=O)NCc2ccccc2)cc1. The van der Waals surface area contributed by atoms with Crippen LogP contribution >= 0.6 is 0 Å². The number of halogens is 2. The summed E-state index contributed by atoms with van der Waals surface area (Å²) in [6.07, 6.45) is -0.779.